The maximum atomic E-state index is 13.5. The summed E-state index contributed by atoms with van der Waals surface area (Å²) in [5.74, 6) is 2.88. The number of piperidine rings is 1. The third-order valence-electron chi connectivity index (χ3n) is 10.5. The third-order valence-corrected chi connectivity index (χ3v) is 11.1. The van der Waals surface area contributed by atoms with Gasteiger partial charge in [0.15, 0.2) is 11.5 Å². The highest BCUT2D eigenvalue weighted by Crippen LogP contribution is 2.40. The first-order valence-corrected chi connectivity index (χ1v) is 21.7. The van der Waals surface area contributed by atoms with Gasteiger partial charge in [0.1, 0.15) is 17.3 Å². The Labute approximate surface area is 346 Å². The number of hydrogen-bond donors (Lipinski definition) is 3. The molecule has 2 amide bonds. The molecule has 0 aliphatic carbocycles. The second-order valence-corrected chi connectivity index (χ2v) is 17.9. The molecule has 0 unspecified atom stereocenters. The minimum Gasteiger partial charge on any atom is -0.496 e. The van der Waals surface area contributed by atoms with Gasteiger partial charge >= 0.3 is 6.03 Å². The zero-order valence-corrected chi connectivity index (χ0v) is 35.7. The Morgan fingerprint density at radius 1 is 0.864 bits per heavy atom. The van der Waals surface area contributed by atoms with Crippen LogP contribution in [0.5, 0.6) is 23.1 Å². The number of carbonyl (C=O) groups excluding carboxylic acids is 2. The fraction of sp³-hybridized carbons (Fsp3) is 0.378. The minimum atomic E-state index is -3.64. The van der Waals surface area contributed by atoms with E-state index in [1.54, 1.807) is 43.6 Å². The standard InChI is InChI=1S/C45H54N6O7S/c1-45(2,3)31-27-36(43(57-6)37(28-31)50-59(7,54)55)48-44(53)47-35-17-18-39(33-13-9-8-12-32(33)35)58-42-19-22-46-41(49-42)26-30-15-16-34(40(25-30)56-5)38(52)14-10-11-29-20-23-51(4)24-21-29/h8-9,12-13,15-19,22,25,27-29,50H,10-11,14,20-21,23-24,26H2,1-7H3,(H2,47,48,53). The lowest BCUT2D eigenvalue weighted by Gasteiger charge is -2.28. The second kappa shape index (κ2) is 18.5. The highest BCUT2D eigenvalue weighted by atomic mass is 32.2. The maximum absolute atomic E-state index is 13.5. The molecule has 1 fully saturated rings. The largest absolute Gasteiger partial charge is 0.496 e. The van der Waals surface area contributed by atoms with Crippen LogP contribution in [0.4, 0.5) is 21.9 Å². The lowest BCUT2D eigenvalue weighted by molar-refractivity contribution is 0.0972. The van der Waals surface area contributed by atoms with Crippen molar-refractivity contribution in [3.05, 3.63) is 102 Å². The van der Waals surface area contributed by atoms with Gasteiger partial charge in [-0.1, -0.05) is 51.1 Å². The predicted octanol–water partition coefficient (Wildman–Crippen LogP) is 9.04. The summed E-state index contributed by atoms with van der Waals surface area (Å²) in [5.41, 5.74) is 2.93. The number of hydrogen-bond acceptors (Lipinski definition) is 10. The van der Waals surface area contributed by atoms with Crippen LogP contribution in [0.25, 0.3) is 10.8 Å². The van der Waals surface area contributed by atoms with E-state index in [0.29, 0.717) is 64.3 Å². The number of aromatic nitrogens is 2. The number of ether oxygens (including phenoxy) is 3. The molecule has 5 aromatic rings. The number of ketones is 1. The SMILES string of the molecule is COc1cc(Cc2nccc(Oc3ccc(NC(=O)Nc4cc(C(C)(C)C)cc(NS(C)(=O)=O)c4OC)c4ccccc34)n2)ccc1C(=O)CCCC1CCN(C)CC1. The van der Waals surface area contributed by atoms with Crippen molar-refractivity contribution >= 4 is 49.7 Å². The van der Waals surface area contributed by atoms with E-state index in [1.807, 2.05) is 63.2 Å². The molecule has 1 aliphatic heterocycles. The molecule has 1 aliphatic rings. The van der Waals surface area contributed by atoms with E-state index in [2.05, 4.69) is 37.3 Å². The maximum Gasteiger partial charge on any atom is 0.323 e. The molecule has 14 heteroatoms. The number of likely N-dealkylation sites (tertiary alicyclic amines) is 1. The van der Waals surface area contributed by atoms with Crippen molar-refractivity contribution in [2.24, 2.45) is 5.92 Å². The van der Waals surface area contributed by atoms with Crippen molar-refractivity contribution in [1.82, 2.24) is 14.9 Å². The van der Waals surface area contributed by atoms with Crippen LogP contribution in [-0.4, -0.2) is 75.7 Å². The van der Waals surface area contributed by atoms with Gasteiger partial charge in [0, 0.05) is 35.9 Å². The molecule has 0 saturated carbocycles. The average Bonchev–Trinajstić information content (AvgIpc) is 3.18. The molecule has 4 aromatic carbocycles. The first kappa shape index (κ1) is 42.9. The van der Waals surface area contributed by atoms with E-state index in [0.717, 1.165) is 48.7 Å². The fourth-order valence-electron chi connectivity index (χ4n) is 7.33. The Morgan fingerprint density at radius 2 is 1.58 bits per heavy atom. The Bertz CT molecular complexity index is 2420. The first-order valence-electron chi connectivity index (χ1n) is 19.8. The number of Topliss-reactive ketones (excluding diaryl/α,β-unsaturated/α-hetero) is 1. The number of fused-ring (bicyclic) bond motifs is 1. The lowest BCUT2D eigenvalue weighted by Crippen LogP contribution is -2.30. The fourth-order valence-corrected chi connectivity index (χ4v) is 7.88. The Balaban J connectivity index is 1.14. The summed E-state index contributed by atoms with van der Waals surface area (Å²) >= 11 is 0. The molecule has 0 spiro atoms. The van der Waals surface area contributed by atoms with Gasteiger partial charge in [0.25, 0.3) is 0 Å². The van der Waals surface area contributed by atoms with Crippen LogP contribution in [0, 0.1) is 5.92 Å². The van der Waals surface area contributed by atoms with E-state index in [9.17, 15) is 18.0 Å². The number of nitrogens with zero attached hydrogens (tertiary/aromatic N) is 3. The van der Waals surface area contributed by atoms with Crippen molar-refractivity contribution in [1.29, 1.82) is 0 Å². The Kier molecular flexibility index (Phi) is 13.4. The molecule has 1 aromatic heterocycles. The van der Waals surface area contributed by atoms with Gasteiger partial charge in [0.2, 0.25) is 15.9 Å². The number of methoxy groups -OCH3 is 2. The van der Waals surface area contributed by atoms with E-state index in [-0.39, 0.29) is 22.6 Å². The average molecular weight is 823 g/mol. The molecule has 0 bridgehead atoms. The number of benzene rings is 4. The van der Waals surface area contributed by atoms with Gasteiger partial charge in [-0.25, -0.2) is 18.2 Å². The molecule has 6 rings (SSSR count). The lowest BCUT2D eigenvalue weighted by atomic mass is 9.86. The predicted molar refractivity (Wildman–Crippen MR) is 233 cm³/mol. The van der Waals surface area contributed by atoms with E-state index in [1.165, 1.54) is 20.0 Å². The van der Waals surface area contributed by atoms with Gasteiger partial charge in [-0.2, -0.15) is 4.98 Å². The van der Waals surface area contributed by atoms with Gasteiger partial charge < -0.3 is 29.7 Å². The van der Waals surface area contributed by atoms with Gasteiger partial charge in [-0.05, 0) is 105 Å². The minimum absolute atomic E-state index is 0.0891. The van der Waals surface area contributed by atoms with Crippen LogP contribution < -0.4 is 29.6 Å². The number of sulfonamides is 1. The highest BCUT2D eigenvalue weighted by molar-refractivity contribution is 7.92. The number of carbonyl (C=O) groups is 2. The van der Waals surface area contributed by atoms with Crippen LogP contribution in [0.15, 0.2) is 79.0 Å². The van der Waals surface area contributed by atoms with Crippen LogP contribution in [0.1, 0.15) is 80.2 Å². The summed E-state index contributed by atoms with van der Waals surface area (Å²) in [6.07, 6.45) is 7.93. The molecule has 0 atom stereocenters. The van der Waals surface area contributed by atoms with Crippen molar-refractivity contribution in [2.75, 3.05) is 56.0 Å². The van der Waals surface area contributed by atoms with Crippen LogP contribution in [0.3, 0.4) is 0 Å². The quantitative estimate of drug-likeness (QED) is 0.0870. The smallest absolute Gasteiger partial charge is 0.323 e. The van der Waals surface area contributed by atoms with Crippen molar-refractivity contribution in [3.63, 3.8) is 0 Å². The van der Waals surface area contributed by atoms with E-state index < -0.39 is 16.1 Å². The summed E-state index contributed by atoms with van der Waals surface area (Å²) in [6, 6.07) is 21.2. The number of anilines is 3. The summed E-state index contributed by atoms with van der Waals surface area (Å²) in [5, 5.41) is 7.22. The van der Waals surface area contributed by atoms with Crippen LogP contribution in [-0.2, 0) is 21.9 Å². The van der Waals surface area contributed by atoms with Crippen molar-refractivity contribution < 1.29 is 32.2 Å². The molecule has 312 valence electrons. The number of amides is 2. The van der Waals surface area contributed by atoms with Gasteiger partial charge in [-0.15, -0.1) is 0 Å². The number of rotatable bonds is 15. The molecule has 3 N–H and O–H groups in total. The summed E-state index contributed by atoms with van der Waals surface area (Å²) in [4.78, 5) is 38.2. The summed E-state index contributed by atoms with van der Waals surface area (Å²) < 4.78 is 44.4. The van der Waals surface area contributed by atoms with E-state index in [4.69, 9.17) is 14.2 Å². The zero-order valence-electron chi connectivity index (χ0n) is 34.8. The first-order chi connectivity index (χ1) is 28.1. The Morgan fingerprint density at radius 3 is 2.27 bits per heavy atom. The Hall–Kier alpha value is -5.73. The van der Waals surface area contributed by atoms with Crippen LogP contribution in [0.2, 0.25) is 0 Å². The molecular weight excluding hydrogens is 769 g/mol. The topological polar surface area (TPSA) is 161 Å². The second-order valence-electron chi connectivity index (χ2n) is 16.2. The number of urea groups is 1. The third kappa shape index (κ3) is 11.3. The number of nitrogens with one attached hydrogen (secondary N) is 3. The zero-order chi connectivity index (χ0) is 42.3. The van der Waals surface area contributed by atoms with Crippen LogP contribution >= 0.6 is 0 Å². The molecule has 1 saturated heterocycles. The molecular formula is C45H54N6O7S. The summed E-state index contributed by atoms with van der Waals surface area (Å²) in [6.45, 7) is 8.21. The molecule has 59 heavy (non-hydrogen) atoms. The van der Waals surface area contributed by atoms with E-state index >= 15 is 0 Å². The molecule has 13 nitrogen and oxygen atoms in total. The van der Waals surface area contributed by atoms with Crippen molar-refractivity contribution in [2.45, 2.75) is 64.7 Å². The molecule has 2 heterocycles. The highest BCUT2D eigenvalue weighted by Gasteiger charge is 2.23. The van der Waals surface area contributed by atoms with Gasteiger partial charge in [0.05, 0.1) is 43.1 Å². The summed E-state index contributed by atoms with van der Waals surface area (Å²) in [7, 11) is 1.51. The molecule has 0 radical (unpaired) electrons. The normalized spacial score (nSPS) is 13.8. The monoisotopic (exact) mass is 822 g/mol. The van der Waals surface area contributed by atoms with Crippen molar-refractivity contribution in [3.8, 4) is 23.1 Å². The van der Waals surface area contributed by atoms with Gasteiger partial charge in [-0.3, -0.25) is 9.52 Å².